The van der Waals surface area contributed by atoms with Gasteiger partial charge >= 0.3 is 12.0 Å². The zero-order valence-electron chi connectivity index (χ0n) is 12.1. The Labute approximate surface area is 132 Å². The van der Waals surface area contributed by atoms with Gasteiger partial charge in [-0.15, -0.1) is 0 Å². The van der Waals surface area contributed by atoms with Crippen LogP contribution in [0.5, 0.6) is 0 Å². The number of piperidine rings is 1. The summed E-state index contributed by atoms with van der Waals surface area (Å²) in [7, 11) is 0. The molecule has 1 aliphatic rings. The molecule has 1 heterocycles. The lowest BCUT2D eigenvalue weighted by molar-refractivity contribution is 0.0697. The van der Waals surface area contributed by atoms with Crippen LogP contribution < -0.4 is 5.32 Å². The van der Waals surface area contributed by atoms with Gasteiger partial charge in [0.1, 0.15) is 0 Å². The fraction of sp³-hybridized carbons (Fsp3) is 0.467. The van der Waals surface area contributed by atoms with Crippen molar-refractivity contribution in [2.24, 2.45) is 5.92 Å². The van der Waals surface area contributed by atoms with E-state index in [4.69, 9.17) is 5.11 Å². The Morgan fingerprint density at radius 1 is 1.33 bits per heavy atom. The highest BCUT2D eigenvalue weighted by Crippen LogP contribution is 2.26. The molecule has 0 aromatic heterocycles. The number of amides is 2. The van der Waals surface area contributed by atoms with Gasteiger partial charge in [-0.05, 0) is 59.8 Å². The Kier molecular flexibility index (Phi) is 4.88. The molecule has 2 rings (SSSR count). The lowest BCUT2D eigenvalue weighted by Gasteiger charge is -2.36. The van der Waals surface area contributed by atoms with Crippen LogP contribution in [0.2, 0.25) is 0 Å². The third-order valence-electron chi connectivity index (χ3n) is 3.84. The normalized spacial score (nSPS) is 22.0. The highest BCUT2D eigenvalue weighted by atomic mass is 79.9. The number of aromatic carboxylic acids is 1. The number of hydrogen-bond acceptors (Lipinski definition) is 2. The van der Waals surface area contributed by atoms with E-state index >= 15 is 0 Å². The average molecular weight is 355 g/mol. The maximum absolute atomic E-state index is 12.4. The lowest BCUT2D eigenvalue weighted by atomic mass is 9.95. The second kappa shape index (κ2) is 6.47. The average Bonchev–Trinajstić information content (AvgIpc) is 2.43. The van der Waals surface area contributed by atoms with Gasteiger partial charge in [-0.3, -0.25) is 0 Å². The van der Waals surface area contributed by atoms with Gasteiger partial charge in [0, 0.05) is 17.1 Å². The molecule has 2 unspecified atom stereocenters. The topological polar surface area (TPSA) is 69.6 Å². The number of anilines is 1. The van der Waals surface area contributed by atoms with Crippen LogP contribution in [0, 0.1) is 5.92 Å². The van der Waals surface area contributed by atoms with Gasteiger partial charge in [0.15, 0.2) is 0 Å². The Morgan fingerprint density at radius 2 is 2.05 bits per heavy atom. The van der Waals surface area contributed by atoms with Crippen molar-refractivity contribution >= 4 is 33.6 Å². The number of rotatable bonds is 2. The second-order valence-electron chi connectivity index (χ2n) is 5.61. The van der Waals surface area contributed by atoms with Crippen LogP contribution in [0.3, 0.4) is 0 Å². The Bertz CT molecular complexity index is 562. The van der Waals surface area contributed by atoms with Crippen molar-refractivity contribution in [3.05, 3.63) is 28.2 Å². The first-order valence-electron chi connectivity index (χ1n) is 6.99. The SMILES string of the molecule is CC1CCC(C)N(C(=O)Nc2ccc(C(=O)O)cc2Br)C1. The summed E-state index contributed by atoms with van der Waals surface area (Å²) in [5.41, 5.74) is 0.760. The molecule has 1 aliphatic heterocycles. The van der Waals surface area contributed by atoms with Gasteiger partial charge < -0.3 is 15.3 Å². The Morgan fingerprint density at radius 3 is 2.67 bits per heavy atom. The summed E-state index contributed by atoms with van der Waals surface area (Å²) in [6, 6.07) is 4.64. The van der Waals surface area contributed by atoms with E-state index in [1.165, 1.54) is 12.1 Å². The van der Waals surface area contributed by atoms with E-state index in [0.717, 1.165) is 19.4 Å². The molecule has 1 aromatic carbocycles. The summed E-state index contributed by atoms with van der Waals surface area (Å²) in [6.07, 6.45) is 2.15. The molecule has 6 heteroatoms. The van der Waals surface area contributed by atoms with Gasteiger partial charge in [-0.2, -0.15) is 0 Å². The number of carbonyl (C=O) groups is 2. The van der Waals surface area contributed by atoms with E-state index in [2.05, 4.69) is 28.2 Å². The van der Waals surface area contributed by atoms with Gasteiger partial charge in [0.2, 0.25) is 0 Å². The van der Waals surface area contributed by atoms with Crippen LogP contribution in [0.1, 0.15) is 37.0 Å². The first-order valence-corrected chi connectivity index (χ1v) is 7.78. The minimum absolute atomic E-state index is 0.141. The van der Waals surface area contributed by atoms with Crippen LogP contribution in [0.25, 0.3) is 0 Å². The molecule has 1 fully saturated rings. The van der Waals surface area contributed by atoms with Crippen molar-refractivity contribution in [1.29, 1.82) is 0 Å². The van der Waals surface area contributed by atoms with Gasteiger partial charge in [0.05, 0.1) is 11.3 Å². The van der Waals surface area contributed by atoms with Crippen LogP contribution in [0.15, 0.2) is 22.7 Å². The number of carboxylic acid groups (broad SMARTS) is 1. The van der Waals surface area contributed by atoms with Crippen molar-refractivity contribution in [3.63, 3.8) is 0 Å². The van der Waals surface area contributed by atoms with Crippen molar-refractivity contribution in [1.82, 2.24) is 4.90 Å². The third-order valence-corrected chi connectivity index (χ3v) is 4.49. The van der Waals surface area contributed by atoms with Crippen molar-refractivity contribution in [2.75, 3.05) is 11.9 Å². The van der Waals surface area contributed by atoms with Gasteiger partial charge in [0.25, 0.3) is 0 Å². The number of halogens is 1. The molecule has 21 heavy (non-hydrogen) atoms. The van der Waals surface area contributed by atoms with E-state index in [9.17, 15) is 9.59 Å². The minimum Gasteiger partial charge on any atom is -0.478 e. The molecule has 114 valence electrons. The molecule has 0 aliphatic carbocycles. The fourth-order valence-corrected chi connectivity index (χ4v) is 2.99. The van der Waals surface area contributed by atoms with Crippen LogP contribution in [-0.4, -0.2) is 34.6 Å². The van der Waals surface area contributed by atoms with Gasteiger partial charge in [-0.1, -0.05) is 6.92 Å². The van der Waals surface area contributed by atoms with E-state index in [0.29, 0.717) is 16.1 Å². The van der Waals surface area contributed by atoms with E-state index < -0.39 is 5.97 Å². The Hall–Kier alpha value is -1.56. The van der Waals surface area contributed by atoms with Crippen LogP contribution >= 0.6 is 15.9 Å². The number of carboxylic acids is 1. The number of nitrogens with one attached hydrogen (secondary N) is 1. The second-order valence-corrected chi connectivity index (χ2v) is 6.47. The summed E-state index contributed by atoms with van der Waals surface area (Å²) in [5, 5.41) is 11.8. The number of nitrogens with zero attached hydrogens (tertiary/aromatic N) is 1. The van der Waals surface area contributed by atoms with Gasteiger partial charge in [-0.25, -0.2) is 9.59 Å². The predicted molar refractivity (Wildman–Crippen MR) is 84.7 cm³/mol. The number of carbonyl (C=O) groups excluding carboxylic acids is 1. The van der Waals surface area contributed by atoms with Crippen molar-refractivity contribution < 1.29 is 14.7 Å². The molecule has 0 saturated carbocycles. The summed E-state index contributed by atoms with van der Waals surface area (Å²) in [6.45, 7) is 4.94. The molecule has 5 nitrogen and oxygen atoms in total. The number of benzene rings is 1. The highest BCUT2D eigenvalue weighted by Gasteiger charge is 2.27. The van der Waals surface area contributed by atoms with Crippen LogP contribution in [0.4, 0.5) is 10.5 Å². The quantitative estimate of drug-likeness (QED) is 0.848. The van der Waals surface area contributed by atoms with Crippen LogP contribution in [-0.2, 0) is 0 Å². The maximum atomic E-state index is 12.4. The largest absolute Gasteiger partial charge is 0.478 e. The molecule has 2 amide bonds. The molecule has 2 atom stereocenters. The summed E-state index contributed by atoms with van der Waals surface area (Å²) in [4.78, 5) is 25.1. The zero-order chi connectivity index (χ0) is 15.6. The molecule has 0 bridgehead atoms. The molecule has 0 radical (unpaired) electrons. The smallest absolute Gasteiger partial charge is 0.335 e. The minimum atomic E-state index is -0.993. The lowest BCUT2D eigenvalue weighted by Crippen LogP contribution is -2.47. The van der Waals surface area contributed by atoms with Crippen molar-refractivity contribution in [2.45, 2.75) is 32.7 Å². The third kappa shape index (κ3) is 3.75. The molecule has 0 spiro atoms. The number of urea groups is 1. The maximum Gasteiger partial charge on any atom is 0.335 e. The molecular formula is C15H19BrN2O3. The Balaban J connectivity index is 2.10. The monoisotopic (exact) mass is 354 g/mol. The first kappa shape index (κ1) is 15.8. The summed E-state index contributed by atoms with van der Waals surface area (Å²) in [5.74, 6) is -0.489. The standard InChI is InChI=1S/C15H19BrN2O3/c1-9-3-4-10(2)18(8-9)15(21)17-13-6-5-11(14(19)20)7-12(13)16/h5-7,9-10H,3-4,8H2,1-2H3,(H,17,21)(H,19,20). The summed E-state index contributed by atoms with van der Waals surface area (Å²) < 4.78 is 0.563. The number of likely N-dealkylation sites (tertiary alicyclic amines) is 1. The van der Waals surface area contributed by atoms with E-state index in [1.807, 2.05) is 11.8 Å². The molecule has 1 aromatic rings. The predicted octanol–water partition coefficient (Wildman–Crippen LogP) is 3.80. The van der Waals surface area contributed by atoms with Crippen molar-refractivity contribution in [3.8, 4) is 0 Å². The molecular weight excluding hydrogens is 336 g/mol. The van der Waals surface area contributed by atoms with E-state index in [1.54, 1.807) is 6.07 Å². The summed E-state index contributed by atoms with van der Waals surface area (Å²) >= 11 is 3.30. The first-order chi connectivity index (χ1) is 9.88. The zero-order valence-corrected chi connectivity index (χ0v) is 13.7. The number of hydrogen-bond donors (Lipinski definition) is 2. The fourth-order valence-electron chi connectivity index (χ4n) is 2.51. The van der Waals surface area contributed by atoms with E-state index in [-0.39, 0.29) is 17.6 Å². The highest BCUT2D eigenvalue weighted by molar-refractivity contribution is 9.10. The molecule has 1 saturated heterocycles. The molecule has 2 N–H and O–H groups in total.